The first-order valence-corrected chi connectivity index (χ1v) is 2.88. The molecule has 0 saturated heterocycles. The molecule has 0 spiro atoms. The predicted octanol–water partition coefficient (Wildman–Crippen LogP) is -0.772. The molecule has 5 nitrogen and oxygen atoms in total. The van der Waals surface area contributed by atoms with E-state index in [1.54, 1.807) is 0 Å². The Labute approximate surface area is 59.2 Å². The van der Waals surface area contributed by atoms with Gasteiger partial charge in [0.1, 0.15) is 0 Å². The molecule has 0 bridgehead atoms. The molecule has 60 valence electrons. The lowest BCUT2D eigenvalue weighted by Gasteiger charge is -2.08. The summed E-state index contributed by atoms with van der Waals surface area (Å²) in [7, 11) is 1.51. The summed E-state index contributed by atoms with van der Waals surface area (Å²) in [6, 6.07) is -0.263. The minimum absolute atomic E-state index is 0.225. The first-order chi connectivity index (χ1) is 4.66. The van der Waals surface area contributed by atoms with Crippen molar-refractivity contribution in [2.24, 2.45) is 5.73 Å². The van der Waals surface area contributed by atoms with E-state index in [0.717, 1.165) is 0 Å². The van der Waals surface area contributed by atoms with Gasteiger partial charge in [-0.05, 0) is 0 Å². The molecule has 5 heteroatoms. The standard InChI is InChI=1S/C5H12N2O3/c1-10-3-4(6)2-7-5(8)9/h4,7H,2-3,6H2,1H3,(H,8,9). The fourth-order valence-electron chi connectivity index (χ4n) is 0.491. The van der Waals surface area contributed by atoms with Gasteiger partial charge in [-0.3, -0.25) is 0 Å². The van der Waals surface area contributed by atoms with Crippen molar-refractivity contribution in [2.75, 3.05) is 20.3 Å². The van der Waals surface area contributed by atoms with Gasteiger partial charge in [-0.2, -0.15) is 0 Å². The van der Waals surface area contributed by atoms with E-state index in [-0.39, 0.29) is 12.6 Å². The molecule has 1 atom stereocenters. The molecule has 1 unspecified atom stereocenters. The molecule has 0 aliphatic heterocycles. The van der Waals surface area contributed by atoms with E-state index in [4.69, 9.17) is 10.8 Å². The van der Waals surface area contributed by atoms with Crippen molar-refractivity contribution in [3.8, 4) is 0 Å². The van der Waals surface area contributed by atoms with E-state index >= 15 is 0 Å². The highest BCUT2D eigenvalue weighted by atomic mass is 16.5. The van der Waals surface area contributed by atoms with Gasteiger partial charge in [-0.25, -0.2) is 4.79 Å². The minimum Gasteiger partial charge on any atom is -0.465 e. The first kappa shape index (κ1) is 9.19. The van der Waals surface area contributed by atoms with Crippen molar-refractivity contribution >= 4 is 6.09 Å². The number of nitrogens with one attached hydrogen (secondary N) is 1. The van der Waals surface area contributed by atoms with Crippen LogP contribution in [0.5, 0.6) is 0 Å². The van der Waals surface area contributed by atoms with Crippen molar-refractivity contribution in [3.05, 3.63) is 0 Å². The number of hydrogen-bond acceptors (Lipinski definition) is 3. The van der Waals surface area contributed by atoms with Crippen LogP contribution in [0.2, 0.25) is 0 Å². The number of nitrogens with two attached hydrogens (primary N) is 1. The Morgan fingerprint density at radius 1 is 1.90 bits per heavy atom. The van der Waals surface area contributed by atoms with Gasteiger partial charge in [-0.15, -0.1) is 0 Å². The van der Waals surface area contributed by atoms with Crippen LogP contribution in [0, 0.1) is 0 Å². The fourth-order valence-corrected chi connectivity index (χ4v) is 0.491. The predicted molar refractivity (Wildman–Crippen MR) is 35.9 cm³/mol. The van der Waals surface area contributed by atoms with Crippen molar-refractivity contribution in [3.63, 3.8) is 0 Å². The second-order valence-corrected chi connectivity index (χ2v) is 1.90. The summed E-state index contributed by atoms with van der Waals surface area (Å²) in [5, 5.41) is 10.3. The average Bonchev–Trinajstić information content (AvgIpc) is 1.85. The average molecular weight is 148 g/mol. The summed E-state index contributed by atoms with van der Waals surface area (Å²) in [5.74, 6) is 0. The lowest BCUT2D eigenvalue weighted by atomic mass is 10.3. The molecule has 0 aromatic heterocycles. The number of carboxylic acid groups (broad SMARTS) is 1. The van der Waals surface area contributed by atoms with Gasteiger partial charge in [0.15, 0.2) is 0 Å². The quantitative estimate of drug-likeness (QED) is 0.488. The molecule has 0 saturated carbocycles. The Kier molecular flexibility index (Phi) is 4.61. The summed E-state index contributed by atoms with van der Waals surface area (Å²) < 4.78 is 4.68. The molecule has 0 aliphatic carbocycles. The van der Waals surface area contributed by atoms with E-state index in [0.29, 0.717) is 6.61 Å². The number of rotatable bonds is 4. The fraction of sp³-hybridized carbons (Fsp3) is 0.800. The highest BCUT2D eigenvalue weighted by molar-refractivity contribution is 5.64. The van der Waals surface area contributed by atoms with E-state index in [1.807, 2.05) is 0 Å². The zero-order valence-corrected chi connectivity index (χ0v) is 5.83. The summed E-state index contributed by atoms with van der Waals surface area (Å²) in [4.78, 5) is 9.90. The number of amides is 1. The van der Waals surface area contributed by atoms with Crippen molar-refractivity contribution in [2.45, 2.75) is 6.04 Å². The lowest BCUT2D eigenvalue weighted by molar-refractivity contribution is 0.171. The van der Waals surface area contributed by atoms with Crippen LogP contribution >= 0.6 is 0 Å². The molecule has 0 heterocycles. The van der Waals surface area contributed by atoms with Gasteiger partial charge in [0, 0.05) is 19.7 Å². The van der Waals surface area contributed by atoms with Crippen LogP contribution in [0.25, 0.3) is 0 Å². The highest BCUT2D eigenvalue weighted by Crippen LogP contribution is 1.76. The third kappa shape index (κ3) is 5.33. The Hall–Kier alpha value is -0.810. The van der Waals surface area contributed by atoms with E-state index < -0.39 is 6.09 Å². The minimum atomic E-state index is -1.06. The second kappa shape index (κ2) is 5.01. The first-order valence-electron chi connectivity index (χ1n) is 2.88. The molecule has 4 N–H and O–H groups in total. The van der Waals surface area contributed by atoms with Crippen LogP contribution in [-0.4, -0.2) is 37.5 Å². The lowest BCUT2D eigenvalue weighted by Crippen LogP contribution is -2.39. The van der Waals surface area contributed by atoms with E-state index in [2.05, 4.69) is 10.1 Å². The van der Waals surface area contributed by atoms with Crippen LogP contribution in [0.1, 0.15) is 0 Å². The van der Waals surface area contributed by atoms with Crippen LogP contribution in [0.4, 0.5) is 4.79 Å². The molecule has 0 aromatic rings. The largest absolute Gasteiger partial charge is 0.465 e. The maximum absolute atomic E-state index is 9.90. The molecule has 10 heavy (non-hydrogen) atoms. The topological polar surface area (TPSA) is 84.6 Å². The van der Waals surface area contributed by atoms with E-state index in [9.17, 15) is 4.79 Å². The Bertz CT molecular complexity index is 107. The zero-order valence-electron chi connectivity index (χ0n) is 5.83. The van der Waals surface area contributed by atoms with Gasteiger partial charge >= 0.3 is 6.09 Å². The molecule has 0 fully saturated rings. The van der Waals surface area contributed by atoms with E-state index in [1.165, 1.54) is 7.11 Å². The Morgan fingerprint density at radius 3 is 2.90 bits per heavy atom. The molecule has 0 aliphatic rings. The maximum Gasteiger partial charge on any atom is 0.404 e. The van der Waals surface area contributed by atoms with Gasteiger partial charge in [0.2, 0.25) is 0 Å². The number of methoxy groups -OCH3 is 1. The van der Waals surface area contributed by atoms with Gasteiger partial charge in [0.05, 0.1) is 6.61 Å². The SMILES string of the molecule is COCC(N)CNC(=O)O. The molecule has 0 rings (SSSR count). The summed E-state index contributed by atoms with van der Waals surface area (Å²) in [6.07, 6.45) is -1.06. The number of carbonyl (C=O) groups is 1. The Morgan fingerprint density at radius 2 is 2.50 bits per heavy atom. The summed E-state index contributed by atoms with van der Waals surface area (Å²) in [5.41, 5.74) is 5.38. The monoisotopic (exact) mass is 148 g/mol. The van der Waals surface area contributed by atoms with Gasteiger partial charge < -0.3 is 20.9 Å². The number of hydrogen-bond donors (Lipinski definition) is 3. The maximum atomic E-state index is 9.90. The van der Waals surface area contributed by atoms with Crippen molar-refractivity contribution < 1.29 is 14.6 Å². The van der Waals surface area contributed by atoms with Crippen LogP contribution in [-0.2, 0) is 4.74 Å². The molecule has 1 amide bonds. The third-order valence-electron chi connectivity index (χ3n) is 0.896. The second-order valence-electron chi connectivity index (χ2n) is 1.90. The highest BCUT2D eigenvalue weighted by Gasteiger charge is 2.01. The molecular formula is C5H12N2O3. The van der Waals surface area contributed by atoms with Crippen molar-refractivity contribution in [1.29, 1.82) is 0 Å². The van der Waals surface area contributed by atoms with Crippen molar-refractivity contribution in [1.82, 2.24) is 5.32 Å². The smallest absolute Gasteiger partial charge is 0.404 e. The zero-order chi connectivity index (χ0) is 7.98. The third-order valence-corrected chi connectivity index (χ3v) is 0.896. The normalized spacial score (nSPS) is 12.6. The van der Waals surface area contributed by atoms with Crippen LogP contribution in [0.3, 0.4) is 0 Å². The van der Waals surface area contributed by atoms with Gasteiger partial charge in [0.25, 0.3) is 0 Å². The Balaban J connectivity index is 3.21. The summed E-state index contributed by atoms with van der Waals surface area (Å²) in [6.45, 7) is 0.587. The molecular weight excluding hydrogens is 136 g/mol. The van der Waals surface area contributed by atoms with Gasteiger partial charge in [-0.1, -0.05) is 0 Å². The molecule has 0 aromatic carbocycles. The van der Waals surface area contributed by atoms with Crippen LogP contribution < -0.4 is 11.1 Å². The summed E-state index contributed by atoms with van der Waals surface area (Å²) >= 11 is 0. The van der Waals surface area contributed by atoms with Crippen LogP contribution in [0.15, 0.2) is 0 Å². The number of ether oxygens (including phenoxy) is 1. The molecule has 0 radical (unpaired) electrons.